The van der Waals surface area contributed by atoms with Crippen molar-refractivity contribution >= 4 is 27.5 Å². The van der Waals surface area contributed by atoms with Crippen molar-refractivity contribution in [2.45, 2.75) is 32.6 Å². The topological polar surface area (TPSA) is 67.7 Å². The Kier molecular flexibility index (Phi) is 3.36. The first-order valence-electron chi connectivity index (χ1n) is 9.95. The summed E-state index contributed by atoms with van der Waals surface area (Å²) in [6.45, 7) is 4.13. The maximum absolute atomic E-state index is 5.11. The molecule has 0 bridgehead atoms. The molecule has 2 aliphatic rings. The van der Waals surface area contributed by atoms with E-state index in [4.69, 9.17) is 4.98 Å². The first-order chi connectivity index (χ1) is 13.8. The molecule has 0 spiro atoms. The van der Waals surface area contributed by atoms with Crippen molar-refractivity contribution in [2.75, 3.05) is 18.0 Å². The van der Waals surface area contributed by atoms with E-state index in [1.807, 2.05) is 6.07 Å². The largest absolute Gasteiger partial charge is 0.371 e. The van der Waals surface area contributed by atoms with Gasteiger partial charge in [0.15, 0.2) is 5.82 Å². The van der Waals surface area contributed by atoms with Gasteiger partial charge in [0, 0.05) is 40.7 Å². The van der Waals surface area contributed by atoms with E-state index in [9.17, 15) is 0 Å². The van der Waals surface area contributed by atoms with Crippen molar-refractivity contribution in [2.24, 2.45) is 0 Å². The Morgan fingerprint density at radius 3 is 2.54 bits per heavy atom. The zero-order valence-corrected chi connectivity index (χ0v) is 15.8. The minimum Gasteiger partial charge on any atom is -0.371 e. The molecule has 2 aliphatic heterocycles. The summed E-state index contributed by atoms with van der Waals surface area (Å²) in [5.41, 5.74) is 7.40. The van der Waals surface area contributed by atoms with E-state index in [2.05, 4.69) is 49.6 Å². The van der Waals surface area contributed by atoms with E-state index in [1.165, 1.54) is 54.6 Å². The number of pyridine rings is 1. The fraction of sp³-hybridized carbons (Fsp3) is 0.318. The van der Waals surface area contributed by atoms with Crippen LogP contribution >= 0.6 is 0 Å². The molecule has 138 valence electrons. The fourth-order valence-electron chi connectivity index (χ4n) is 4.70. The molecule has 2 aromatic carbocycles. The molecule has 28 heavy (non-hydrogen) atoms. The highest BCUT2D eigenvalue weighted by atomic mass is 15.3. The molecule has 6 heteroatoms. The van der Waals surface area contributed by atoms with Crippen LogP contribution in [0.25, 0.3) is 33.2 Å². The number of rotatable bonds is 1. The standard InChI is InChI=1S/C22H20N6/c1-13-24-26-22(27-25-13)16-7-6-14-10-17-11-15-4-2-8-28-9-3-5-18(21(15)28)20(17)23-19(14)12-16/h6-7,10-12H,2-5,8-9H2,1H3. The van der Waals surface area contributed by atoms with E-state index in [1.54, 1.807) is 6.92 Å². The van der Waals surface area contributed by atoms with Gasteiger partial charge in [-0.15, -0.1) is 20.4 Å². The summed E-state index contributed by atoms with van der Waals surface area (Å²) in [5.74, 6) is 1.11. The molecule has 0 saturated heterocycles. The summed E-state index contributed by atoms with van der Waals surface area (Å²) >= 11 is 0. The van der Waals surface area contributed by atoms with E-state index in [-0.39, 0.29) is 0 Å². The lowest BCUT2D eigenvalue weighted by Gasteiger charge is -2.37. The van der Waals surface area contributed by atoms with Gasteiger partial charge in [0.1, 0.15) is 0 Å². The van der Waals surface area contributed by atoms with Crippen LogP contribution in [-0.2, 0) is 12.8 Å². The lowest BCUT2D eigenvalue weighted by atomic mass is 9.89. The van der Waals surface area contributed by atoms with Crippen LogP contribution in [0, 0.1) is 6.92 Å². The van der Waals surface area contributed by atoms with Gasteiger partial charge in [-0.05, 0) is 56.4 Å². The third-order valence-electron chi connectivity index (χ3n) is 5.93. The van der Waals surface area contributed by atoms with Gasteiger partial charge in [0.05, 0.1) is 11.0 Å². The van der Waals surface area contributed by atoms with Gasteiger partial charge in [0.2, 0.25) is 5.82 Å². The average Bonchev–Trinajstić information content (AvgIpc) is 2.73. The predicted octanol–water partition coefficient (Wildman–Crippen LogP) is 3.64. The molecule has 4 heterocycles. The Morgan fingerprint density at radius 2 is 1.68 bits per heavy atom. The molecule has 6 nitrogen and oxygen atoms in total. The molecule has 0 unspecified atom stereocenters. The van der Waals surface area contributed by atoms with E-state index in [0.29, 0.717) is 11.6 Å². The molecule has 0 radical (unpaired) electrons. The molecule has 4 aromatic rings. The minimum absolute atomic E-state index is 0.535. The van der Waals surface area contributed by atoms with Crippen LogP contribution < -0.4 is 4.90 Å². The Bertz CT molecular complexity index is 1230. The monoisotopic (exact) mass is 368 g/mol. The first kappa shape index (κ1) is 15.9. The summed E-state index contributed by atoms with van der Waals surface area (Å²) in [4.78, 5) is 7.67. The normalized spacial score (nSPS) is 15.8. The summed E-state index contributed by atoms with van der Waals surface area (Å²) < 4.78 is 0. The predicted molar refractivity (Wildman–Crippen MR) is 109 cm³/mol. The van der Waals surface area contributed by atoms with Crippen LogP contribution in [0.5, 0.6) is 0 Å². The molecular formula is C22H20N6. The quantitative estimate of drug-likeness (QED) is 0.478. The van der Waals surface area contributed by atoms with E-state index in [0.717, 1.165) is 28.4 Å². The first-order valence-corrected chi connectivity index (χ1v) is 9.95. The second-order valence-corrected chi connectivity index (χ2v) is 7.80. The fourth-order valence-corrected chi connectivity index (χ4v) is 4.70. The third kappa shape index (κ3) is 2.37. The van der Waals surface area contributed by atoms with Crippen molar-refractivity contribution in [1.82, 2.24) is 25.4 Å². The number of anilines is 1. The summed E-state index contributed by atoms with van der Waals surface area (Å²) in [6.07, 6.45) is 4.75. The highest BCUT2D eigenvalue weighted by Gasteiger charge is 2.26. The van der Waals surface area contributed by atoms with Crippen LogP contribution in [0.15, 0.2) is 30.3 Å². The van der Waals surface area contributed by atoms with Crippen LogP contribution in [-0.4, -0.2) is 38.5 Å². The van der Waals surface area contributed by atoms with Gasteiger partial charge in [-0.2, -0.15) is 0 Å². The number of hydrogen-bond donors (Lipinski definition) is 0. The molecule has 0 aliphatic carbocycles. The summed E-state index contributed by atoms with van der Waals surface area (Å²) in [6, 6.07) is 10.8. The molecule has 2 aromatic heterocycles. The van der Waals surface area contributed by atoms with Gasteiger partial charge in [0.25, 0.3) is 0 Å². The molecule has 0 amide bonds. The number of hydrogen-bond acceptors (Lipinski definition) is 6. The van der Waals surface area contributed by atoms with Crippen molar-refractivity contribution in [1.29, 1.82) is 0 Å². The number of aryl methyl sites for hydroxylation is 3. The SMILES string of the molecule is Cc1nnc(-c2ccc3cc4cc5c6c(c4nc3c2)CCCN6CCC5)nn1. The Hall–Kier alpha value is -3.15. The molecular weight excluding hydrogens is 348 g/mol. The Morgan fingerprint density at radius 1 is 0.857 bits per heavy atom. The molecule has 0 saturated carbocycles. The molecule has 0 atom stereocenters. The zero-order valence-electron chi connectivity index (χ0n) is 15.8. The minimum atomic E-state index is 0.535. The zero-order chi connectivity index (χ0) is 18.7. The van der Waals surface area contributed by atoms with Crippen molar-refractivity contribution in [3.05, 3.63) is 47.3 Å². The van der Waals surface area contributed by atoms with Crippen LogP contribution in [0.3, 0.4) is 0 Å². The maximum Gasteiger partial charge on any atom is 0.203 e. The van der Waals surface area contributed by atoms with Crippen LogP contribution in [0.2, 0.25) is 0 Å². The highest BCUT2D eigenvalue weighted by molar-refractivity contribution is 5.98. The van der Waals surface area contributed by atoms with Crippen molar-refractivity contribution < 1.29 is 0 Å². The second-order valence-electron chi connectivity index (χ2n) is 7.80. The Balaban J connectivity index is 1.58. The molecule has 0 fully saturated rings. The average molecular weight is 368 g/mol. The van der Waals surface area contributed by atoms with Crippen LogP contribution in [0.4, 0.5) is 5.69 Å². The smallest absolute Gasteiger partial charge is 0.203 e. The number of nitrogens with zero attached hydrogens (tertiary/aromatic N) is 6. The van der Waals surface area contributed by atoms with Gasteiger partial charge in [-0.25, -0.2) is 4.98 Å². The highest BCUT2D eigenvalue weighted by Crippen LogP contribution is 2.40. The van der Waals surface area contributed by atoms with Gasteiger partial charge >= 0.3 is 0 Å². The van der Waals surface area contributed by atoms with Gasteiger partial charge in [-0.3, -0.25) is 0 Å². The summed E-state index contributed by atoms with van der Waals surface area (Å²) in [5, 5.41) is 18.8. The number of benzene rings is 2. The van der Waals surface area contributed by atoms with Gasteiger partial charge in [-0.1, -0.05) is 12.1 Å². The second kappa shape index (κ2) is 5.92. The maximum atomic E-state index is 5.11. The lowest BCUT2D eigenvalue weighted by Crippen LogP contribution is -2.34. The molecule has 6 rings (SSSR count). The van der Waals surface area contributed by atoms with Crippen molar-refractivity contribution in [3.8, 4) is 11.4 Å². The number of aromatic nitrogens is 5. The van der Waals surface area contributed by atoms with E-state index >= 15 is 0 Å². The summed E-state index contributed by atoms with van der Waals surface area (Å²) in [7, 11) is 0. The van der Waals surface area contributed by atoms with E-state index < -0.39 is 0 Å². The number of fused-ring (bicyclic) bond motifs is 3. The lowest BCUT2D eigenvalue weighted by molar-refractivity contribution is 0.636. The van der Waals surface area contributed by atoms with Crippen molar-refractivity contribution in [3.63, 3.8) is 0 Å². The molecule has 0 N–H and O–H groups in total. The Labute approximate surface area is 162 Å². The third-order valence-corrected chi connectivity index (χ3v) is 5.93. The van der Waals surface area contributed by atoms with Crippen LogP contribution in [0.1, 0.15) is 29.8 Å². The van der Waals surface area contributed by atoms with Gasteiger partial charge < -0.3 is 4.90 Å².